The average molecular weight is 303 g/mol. The van der Waals surface area contributed by atoms with Gasteiger partial charge in [-0.25, -0.2) is 4.39 Å². The van der Waals surface area contributed by atoms with Crippen LogP contribution in [0.1, 0.15) is 41.2 Å². The normalized spacial score (nSPS) is 11.5. The molecular formula is C17H22FN3O. The maximum absolute atomic E-state index is 13.9. The Labute approximate surface area is 130 Å². The molecule has 0 saturated carbocycles. The monoisotopic (exact) mass is 303 g/mol. The van der Waals surface area contributed by atoms with Crippen molar-refractivity contribution in [2.75, 3.05) is 6.54 Å². The van der Waals surface area contributed by atoms with Crippen LogP contribution in [0.3, 0.4) is 0 Å². The first kappa shape index (κ1) is 16.2. The topological polar surface area (TPSA) is 46.9 Å². The van der Waals surface area contributed by atoms with Gasteiger partial charge in [-0.2, -0.15) is 5.10 Å². The van der Waals surface area contributed by atoms with E-state index in [4.69, 9.17) is 0 Å². The van der Waals surface area contributed by atoms with Gasteiger partial charge in [-0.05, 0) is 25.5 Å². The molecule has 0 aliphatic heterocycles. The minimum atomic E-state index is -0.495. The fraction of sp³-hybridized carbons (Fsp3) is 0.412. The van der Waals surface area contributed by atoms with E-state index in [1.807, 2.05) is 34.7 Å². The van der Waals surface area contributed by atoms with Crippen LogP contribution in [0.2, 0.25) is 0 Å². The van der Waals surface area contributed by atoms with Crippen LogP contribution in [0, 0.1) is 19.7 Å². The molecule has 0 unspecified atom stereocenters. The first-order chi connectivity index (χ1) is 10.2. The number of halogens is 1. The summed E-state index contributed by atoms with van der Waals surface area (Å²) in [6.45, 7) is 7.84. The number of aromatic nitrogens is 2. The Morgan fingerprint density at radius 2 is 1.95 bits per heavy atom. The summed E-state index contributed by atoms with van der Waals surface area (Å²) in [6, 6.07) is 6.66. The maximum atomic E-state index is 13.9. The van der Waals surface area contributed by atoms with Gasteiger partial charge in [-0.15, -0.1) is 0 Å². The van der Waals surface area contributed by atoms with Crippen molar-refractivity contribution in [1.82, 2.24) is 15.1 Å². The number of amides is 1. The number of aryl methyl sites for hydroxylation is 2. The maximum Gasteiger partial charge on any atom is 0.255 e. The lowest BCUT2D eigenvalue weighted by molar-refractivity contribution is 0.0944. The first-order valence-corrected chi connectivity index (χ1v) is 7.27. The molecule has 0 bridgehead atoms. The molecule has 0 fully saturated rings. The number of carbonyl (C=O) groups is 1. The van der Waals surface area contributed by atoms with Gasteiger partial charge in [0.05, 0.1) is 11.3 Å². The highest BCUT2D eigenvalue weighted by molar-refractivity contribution is 5.96. The Hall–Kier alpha value is -2.17. The third-order valence-electron chi connectivity index (χ3n) is 4.03. The lowest BCUT2D eigenvalue weighted by Gasteiger charge is -2.26. The Morgan fingerprint density at radius 3 is 2.50 bits per heavy atom. The van der Waals surface area contributed by atoms with Crippen molar-refractivity contribution in [3.05, 3.63) is 52.6 Å². The predicted octanol–water partition coefficient (Wildman–Crippen LogP) is 2.88. The van der Waals surface area contributed by atoms with Gasteiger partial charge in [0.15, 0.2) is 0 Å². The summed E-state index contributed by atoms with van der Waals surface area (Å²) in [6.07, 6.45) is 0. The van der Waals surface area contributed by atoms with Gasteiger partial charge in [0.1, 0.15) is 5.82 Å². The molecule has 22 heavy (non-hydrogen) atoms. The van der Waals surface area contributed by atoms with E-state index in [0.717, 1.165) is 5.69 Å². The number of hydrogen-bond donors (Lipinski definition) is 1. The predicted molar refractivity (Wildman–Crippen MR) is 84.4 cm³/mol. The summed E-state index contributed by atoms with van der Waals surface area (Å²) in [7, 11) is 1.81. The second-order valence-electron chi connectivity index (χ2n) is 6.22. The summed E-state index contributed by atoms with van der Waals surface area (Å²) in [5.41, 5.74) is 2.20. The fourth-order valence-electron chi connectivity index (χ4n) is 2.60. The van der Waals surface area contributed by atoms with Crippen LogP contribution < -0.4 is 5.32 Å². The average Bonchev–Trinajstić information content (AvgIpc) is 2.70. The SMILES string of the molecule is Cc1nn(C)c(C)c1C(=O)NCC(C)(C)c1ccccc1F. The van der Waals surface area contributed by atoms with E-state index in [2.05, 4.69) is 10.4 Å². The highest BCUT2D eigenvalue weighted by Crippen LogP contribution is 2.25. The molecule has 0 radical (unpaired) electrons. The third-order valence-corrected chi connectivity index (χ3v) is 4.03. The number of benzene rings is 1. The summed E-state index contributed by atoms with van der Waals surface area (Å²) in [4.78, 5) is 12.4. The molecule has 118 valence electrons. The van der Waals surface area contributed by atoms with Crippen LogP contribution >= 0.6 is 0 Å². The second-order valence-corrected chi connectivity index (χ2v) is 6.22. The summed E-state index contributed by atoms with van der Waals surface area (Å²) >= 11 is 0. The molecule has 1 aromatic heterocycles. The van der Waals surface area contributed by atoms with E-state index >= 15 is 0 Å². The zero-order valence-corrected chi connectivity index (χ0v) is 13.7. The zero-order chi connectivity index (χ0) is 16.5. The Balaban J connectivity index is 2.15. The molecule has 0 saturated heterocycles. The molecule has 2 aromatic rings. The third kappa shape index (κ3) is 3.03. The minimum absolute atomic E-state index is 0.174. The Bertz CT molecular complexity index is 704. The van der Waals surface area contributed by atoms with E-state index < -0.39 is 5.41 Å². The minimum Gasteiger partial charge on any atom is -0.351 e. The lowest BCUT2D eigenvalue weighted by Crippen LogP contribution is -2.37. The molecule has 0 spiro atoms. The highest BCUT2D eigenvalue weighted by Gasteiger charge is 2.26. The van der Waals surface area contributed by atoms with E-state index in [9.17, 15) is 9.18 Å². The number of rotatable bonds is 4. The van der Waals surface area contributed by atoms with Crippen molar-refractivity contribution in [2.24, 2.45) is 7.05 Å². The smallest absolute Gasteiger partial charge is 0.255 e. The van der Waals surface area contributed by atoms with Gasteiger partial charge in [0.25, 0.3) is 5.91 Å². The van der Waals surface area contributed by atoms with Gasteiger partial charge in [0, 0.05) is 24.7 Å². The van der Waals surface area contributed by atoms with E-state index in [-0.39, 0.29) is 11.7 Å². The highest BCUT2D eigenvalue weighted by atomic mass is 19.1. The molecule has 4 nitrogen and oxygen atoms in total. The van der Waals surface area contributed by atoms with Crippen molar-refractivity contribution in [2.45, 2.75) is 33.1 Å². The number of hydrogen-bond acceptors (Lipinski definition) is 2. The van der Waals surface area contributed by atoms with Crippen molar-refractivity contribution >= 4 is 5.91 Å². The van der Waals surface area contributed by atoms with Crippen molar-refractivity contribution in [3.63, 3.8) is 0 Å². The van der Waals surface area contributed by atoms with Crippen LogP contribution in [0.15, 0.2) is 24.3 Å². The van der Waals surface area contributed by atoms with Crippen LogP contribution in [0.5, 0.6) is 0 Å². The van der Waals surface area contributed by atoms with E-state index in [1.54, 1.807) is 22.9 Å². The number of carbonyl (C=O) groups excluding carboxylic acids is 1. The van der Waals surface area contributed by atoms with Crippen LogP contribution in [0.25, 0.3) is 0 Å². The summed E-state index contributed by atoms with van der Waals surface area (Å²) in [5.74, 6) is -0.428. The first-order valence-electron chi connectivity index (χ1n) is 7.27. The number of nitrogens with one attached hydrogen (secondary N) is 1. The molecule has 1 aromatic carbocycles. The molecule has 1 heterocycles. The van der Waals surface area contributed by atoms with Gasteiger partial charge in [0.2, 0.25) is 0 Å². The standard InChI is InChI=1S/C17H22FN3O/c1-11-15(12(2)21(5)20-11)16(22)19-10-17(3,4)13-8-6-7-9-14(13)18/h6-9H,10H2,1-5H3,(H,19,22). The van der Waals surface area contributed by atoms with Gasteiger partial charge in [-0.3, -0.25) is 9.48 Å². The van der Waals surface area contributed by atoms with Gasteiger partial charge in [-0.1, -0.05) is 32.0 Å². The molecule has 5 heteroatoms. The fourth-order valence-corrected chi connectivity index (χ4v) is 2.60. The Morgan fingerprint density at radius 1 is 1.32 bits per heavy atom. The van der Waals surface area contributed by atoms with Gasteiger partial charge >= 0.3 is 0 Å². The molecular weight excluding hydrogens is 281 g/mol. The quantitative estimate of drug-likeness (QED) is 0.944. The van der Waals surface area contributed by atoms with Crippen molar-refractivity contribution in [1.29, 1.82) is 0 Å². The molecule has 0 atom stereocenters. The van der Waals surface area contributed by atoms with Gasteiger partial charge < -0.3 is 5.32 Å². The van der Waals surface area contributed by atoms with Crippen LogP contribution in [-0.4, -0.2) is 22.2 Å². The molecule has 1 amide bonds. The van der Waals surface area contributed by atoms with Crippen molar-refractivity contribution < 1.29 is 9.18 Å². The molecule has 0 aliphatic carbocycles. The number of nitrogens with zero attached hydrogens (tertiary/aromatic N) is 2. The molecule has 0 aliphatic rings. The molecule has 2 rings (SSSR count). The largest absolute Gasteiger partial charge is 0.351 e. The second kappa shape index (κ2) is 5.91. The molecule has 1 N–H and O–H groups in total. The van der Waals surface area contributed by atoms with E-state index in [0.29, 0.717) is 23.4 Å². The lowest BCUT2D eigenvalue weighted by atomic mass is 9.84. The zero-order valence-electron chi connectivity index (χ0n) is 13.7. The Kier molecular flexibility index (Phi) is 4.35. The van der Waals surface area contributed by atoms with Crippen LogP contribution in [0.4, 0.5) is 4.39 Å². The van der Waals surface area contributed by atoms with Crippen LogP contribution in [-0.2, 0) is 12.5 Å². The van der Waals surface area contributed by atoms with Crippen molar-refractivity contribution in [3.8, 4) is 0 Å². The summed E-state index contributed by atoms with van der Waals surface area (Å²) in [5, 5.41) is 7.15. The van der Waals surface area contributed by atoms with E-state index in [1.165, 1.54) is 6.07 Å². The summed E-state index contributed by atoms with van der Waals surface area (Å²) < 4.78 is 15.6.